The lowest BCUT2D eigenvalue weighted by Crippen LogP contribution is -2.06. The summed E-state index contributed by atoms with van der Waals surface area (Å²) in [6.07, 6.45) is 3.89. The van der Waals surface area contributed by atoms with Crippen molar-refractivity contribution in [2.75, 3.05) is 11.2 Å². The van der Waals surface area contributed by atoms with Gasteiger partial charge in [0.1, 0.15) is 4.61 Å². The van der Waals surface area contributed by atoms with Gasteiger partial charge in [0.15, 0.2) is 0 Å². The molecule has 3 nitrogen and oxygen atoms in total. The summed E-state index contributed by atoms with van der Waals surface area (Å²) in [4.78, 5) is 10.6. The van der Waals surface area contributed by atoms with Gasteiger partial charge in [-0.2, -0.15) is 0 Å². The molecule has 0 aliphatic heterocycles. The van der Waals surface area contributed by atoms with Crippen molar-refractivity contribution in [1.29, 1.82) is 0 Å². The summed E-state index contributed by atoms with van der Waals surface area (Å²) in [7, 11) is 0. The van der Waals surface area contributed by atoms with Crippen LogP contribution in [0.4, 0.5) is 4.79 Å². The lowest BCUT2D eigenvalue weighted by Gasteiger charge is -2.02. The van der Waals surface area contributed by atoms with E-state index in [9.17, 15) is 4.79 Å². The molecule has 0 aliphatic rings. The molecule has 0 radical (unpaired) electrons. The lowest BCUT2D eigenvalue weighted by atomic mass is 10.2. The van der Waals surface area contributed by atoms with Gasteiger partial charge in [0.05, 0.1) is 6.61 Å². The van der Waals surface area contributed by atoms with Gasteiger partial charge in [-0.05, 0) is 29.0 Å². The van der Waals surface area contributed by atoms with Crippen molar-refractivity contribution in [3.63, 3.8) is 0 Å². The first-order valence-corrected chi connectivity index (χ1v) is 5.69. The van der Waals surface area contributed by atoms with E-state index in [1.165, 1.54) is 12.8 Å². The van der Waals surface area contributed by atoms with E-state index in [-0.39, 0.29) is 0 Å². The predicted octanol–water partition coefficient (Wildman–Crippen LogP) is 3.11. The van der Waals surface area contributed by atoms with Gasteiger partial charge in [-0.1, -0.05) is 26.2 Å². The predicted molar refractivity (Wildman–Crippen MR) is 55.5 cm³/mol. The van der Waals surface area contributed by atoms with E-state index >= 15 is 0 Å². The van der Waals surface area contributed by atoms with E-state index in [4.69, 9.17) is 4.74 Å². The second-order valence-electron chi connectivity index (χ2n) is 2.41. The molecule has 0 aromatic carbocycles. The van der Waals surface area contributed by atoms with Crippen molar-refractivity contribution in [3.8, 4) is 0 Å². The highest BCUT2D eigenvalue weighted by Crippen LogP contribution is 1.99. The van der Waals surface area contributed by atoms with E-state index in [0.29, 0.717) is 11.2 Å². The first-order valence-electron chi connectivity index (χ1n) is 4.16. The molecule has 4 heteroatoms. The molecule has 0 heterocycles. The Bertz CT molecular complexity index is 117. The minimum absolute atomic E-state index is 0.353. The maximum absolute atomic E-state index is 10.6. The fourth-order valence-corrected chi connectivity index (χ4v) is 1.02. The van der Waals surface area contributed by atoms with Crippen molar-refractivity contribution in [1.82, 2.24) is 0 Å². The van der Waals surface area contributed by atoms with Gasteiger partial charge in [0.25, 0.3) is 0 Å². The molecule has 72 valence electrons. The van der Waals surface area contributed by atoms with Crippen LogP contribution in [-0.4, -0.2) is 17.4 Å². The van der Waals surface area contributed by atoms with E-state index < -0.39 is 6.16 Å². The Morgan fingerprint density at radius 3 is 2.58 bits per heavy atom. The van der Waals surface area contributed by atoms with Crippen molar-refractivity contribution in [2.45, 2.75) is 32.6 Å². The molecule has 0 atom stereocenters. The number of rotatable bonds is 6. The minimum atomic E-state index is -0.555. The van der Waals surface area contributed by atoms with Gasteiger partial charge in [0, 0.05) is 0 Å². The number of carbonyl (C=O) groups excluding carboxylic acids is 1. The molecule has 0 aromatic heterocycles. The molecule has 0 fully saturated rings. The molecule has 0 aromatic rings. The van der Waals surface area contributed by atoms with Gasteiger partial charge in [-0.25, -0.2) is 4.79 Å². The Balaban J connectivity index is 3.03. The van der Waals surface area contributed by atoms with Crippen LogP contribution in [0.3, 0.4) is 0 Å². The Kier molecular flexibility index (Phi) is 9.09. The Morgan fingerprint density at radius 2 is 2.00 bits per heavy atom. The standard InChI is InChI=1S/C8H15IO3/c1-2-3-4-5-6-11-8(10)12-7-9/h2-7H2,1H3. The third-order valence-corrected chi connectivity index (χ3v) is 1.70. The van der Waals surface area contributed by atoms with E-state index in [2.05, 4.69) is 11.7 Å². The van der Waals surface area contributed by atoms with Crippen molar-refractivity contribution in [3.05, 3.63) is 0 Å². The SMILES string of the molecule is CCCCCCOC(=O)OCI. The van der Waals surface area contributed by atoms with Crippen molar-refractivity contribution in [2.24, 2.45) is 0 Å². The van der Waals surface area contributed by atoms with Crippen molar-refractivity contribution >= 4 is 28.7 Å². The maximum Gasteiger partial charge on any atom is 0.509 e. The summed E-state index contributed by atoms with van der Waals surface area (Å²) in [6.45, 7) is 2.63. The second kappa shape index (κ2) is 9.09. The highest BCUT2D eigenvalue weighted by molar-refractivity contribution is 14.1. The van der Waals surface area contributed by atoms with E-state index in [1.54, 1.807) is 0 Å². The molecule has 12 heavy (non-hydrogen) atoms. The summed E-state index contributed by atoms with van der Waals surface area (Å²) in [5.41, 5.74) is 0. The van der Waals surface area contributed by atoms with Crippen LogP contribution in [0.2, 0.25) is 0 Å². The monoisotopic (exact) mass is 286 g/mol. The van der Waals surface area contributed by atoms with Crippen LogP contribution in [0.15, 0.2) is 0 Å². The molecule has 0 N–H and O–H groups in total. The van der Waals surface area contributed by atoms with Gasteiger partial charge >= 0.3 is 6.16 Å². The third-order valence-electron chi connectivity index (χ3n) is 1.39. The number of ether oxygens (including phenoxy) is 2. The molecule has 0 saturated heterocycles. The van der Waals surface area contributed by atoms with Crippen LogP contribution in [0, 0.1) is 0 Å². The number of hydrogen-bond acceptors (Lipinski definition) is 3. The van der Waals surface area contributed by atoms with E-state index in [1.807, 2.05) is 22.6 Å². The molecule has 0 unspecified atom stereocenters. The smallest absolute Gasteiger partial charge is 0.434 e. The zero-order valence-electron chi connectivity index (χ0n) is 7.35. The largest absolute Gasteiger partial charge is 0.509 e. The van der Waals surface area contributed by atoms with Gasteiger partial charge in [-0.15, -0.1) is 0 Å². The average Bonchev–Trinajstić information content (AvgIpc) is 2.05. The third kappa shape index (κ3) is 8.10. The number of hydrogen-bond donors (Lipinski definition) is 0. The number of carbonyl (C=O) groups is 1. The lowest BCUT2D eigenvalue weighted by molar-refractivity contribution is 0.0694. The van der Waals surface area contributed by atoms with Crippen LogP contribution in [0.25, 0.3) is 0 Å². The Labute approximate surface area is 86.9 Å². The fourth-order valence-electron chi connectivity index (χ4n) is 0.771. The quantitative estimate of drug-likeness (QED) is 0.326. The summed E-state index contributed by atoms with van der Waals surface area (Å²) >= 11 is 1.95. The molecule has 0 bridgehead atoms. The van der Waals surface area contributed by atoms with Gasteiger partial charge in [0.2, 0.25) is 0 Å². The highest BCUT2D eigenvalue weighted by atomic mass is 127. The topological polar surface area (TPSA) is 35.5 Å². The van der Waals surface area contributed by atoms with E-state index in [0.717, 1.165) is 12.8 Å². The van der Waals surface area contributed by atoms with Crippen LogP contribution in [0.5, 0.6) is 0 Å². The summed E-state index contributed by atoms with van der Waals surface area (Å²) in [6, 6.07) is 0. The molecule has 0 spiro atoms. The highest BCUT2D eigenvalue weighted by Gasteiger charge is 2.00. The molecule has 0 amide bonds. The summed E-state index contributed by atoms with van der Waals surface area (Å²) in [5.74, 6) is 0. The normalized spacial score (nSPS) is 9.50. The maximum atomic E-state index is 10.6. The average molecular weight is 286 g/mol. The van der Waals surface area contributed by atoms with Crippen LogP contribution in [0.1, 0.15) is 32.6 Å². The first kappa shape index (κ1) is 12.0. The first-order chi connectivity index (χ1) is 5.81. The number of unbranched alkanes of at least 4 members (excludes halogenated alkanes) is 3. The fraction of sp³-hybridized carbons (Fsp3) is 0.875. The molecule has 0 aliphatic carbocycles. The zero-order valence-corrected chi connectivity index (χ0v) is 9.50. The van der Waals surface area contributed by atoms with Crippen LogP contribution >= 0.6 is 22.6 Å². The Morgan fingerprint density at radius 1 is 1.25 bits per heavy atom. The van der Waals surface area contributed by atoms with Gasteiger partial charge < -0.3 is 9.47 Å². The van der Waals surface area contributed by atoms with Gasteiger partial charge in [-0.3, -0.25) is 0 Å². The molecule has 0 saturated carbocycles. The molecular weight excluding hydrogens is 271 g/mol. The van der Waals surface area contributed by atoms with Crippen LogP contribution < -0.4 is 0 Å². The zero-order chi connectivity index (χ0) is 9.23. The molecular formula is C8H15IO3. The summed E-state index contributed by atoms with van der Waals surface area (Å²) < 4.78 is 9.69. The number of halogens is 1. The van der Waals surface area contributed by atoms with Crippen molar-refractivity contribution < 1.29 is 14.3 Å². The minimum Gasteiger partial charge on any atom is -0.434 e. The second-order valence-corrected chi connectivity index (χ2v) is 3.04. The summed E-state index contributed by atoms with van der Waals surface area (Å²) in [5, 5.41) is 0. The molecule has 0 rings (SSSR count). The van der Waals surface area contributed by atoms with Crippen LogP contribution in [-0.2, 0) is 9.47 Å². The number of alkyl halides is 1. The Hall–Kier alpha value is 0.